The third-order valence-electron chi connectivity index (χ3n) is 5.50. The lowest BCUT2D eigenvalue weighted by molar-refractivity contribution is 0.287. The first-order valence-corrected chi connectivity index (χ1v) is 10.6. The van der Waals surface area contributed by atoms with E-state index in [4.69, 9.17) is 24.0 Å². The fourth-order valence-electron chi connectivity index (χ4n) is 3.83. The van der Waals surface area contributed by atoms with Gasteiger partial charge >= 0.3 is 0 Å². The molecule has 1 atom stereocenters. The number of aliphatic hydroxyl groups excluding tert-OH is 1. The van der Waals surface area contributed by atoms with Crippen molar-refractivity contribution in [3.63, 3.8) is 0 Å². The lowest BCUT2D eigenvalue weighted by atomic mass is 10.0. The number of methoxy groups -OCH3 is 4. The minimum atomic E-state index is -0.276. The zero-order valence-corrected chi connectivity index (χ0v) is 19.2. The first kappa shape index (κ1) is 22.5. The van der Waals surface area contributed by atoms with Crippen molar-refractivity contribution in [2.75, 3.05) is 40.4 Å². The van der Waals surface area contributed by atoms with Crippen molar-refractivity contribution in [2.45, 2.75) is 18.9 Å². The number of benzene rings is 2. The molecule has 0 amide bonds. The van der Waals surface area contributed by atoms with E-state index in [-0.39, 0.29) is 12.6 Å². The summed E-state index contributed by atoms with van der Waals surface area (Å²) in [7, 11) is 6.41. The van der Waals surface area contributed by atoms with Gasteiger partial charge in [0.15, 0.2) is 17.3 Å². The van der Waals surface area contributed by atoms with Crippen LogP contribution in [0.5, 0.6) is 23.0 Å². The van der Waals surface area contributed by atoms with Gasteiger partial charge < -0.3 is 29.4 Å². The number of aryl methyl sites for hydroxylation is 1. The lowest BCUT2D eigenvalue weighted by Gasteiger charge is -2.25. The van der Waals surface area contributed by atoms with E-state index in [0.717, 1.165) is 22.6 Å². The molecule has 1 aromatic heterocycles. The highest BCUT2D eigenvalue weighted by Gasteiger charge is 2.27. The van der Waals surface area contributed by atoms with Gasteiger partial charge in [-0.3, -0.25) is 0 Å². The van der Waals surface area contributed by atoms with Crippen LogP contribution in [0.4, 0.5) is 5.95 Å². The van der Waals surface area contributed by atoms with Gasteiger partial charge in [0.1, 0.15) is 11.8 Å². The Hall–Kier alpha value is -3.72. The third-order valence-corrected chi connectivity index (χ3v) is 5.50. The minimum absolute atomic E-state index is 0.0863. The molecule has 2 aromatic carbocycles. The molecule has 3 aromatic rings. The van der Waals surface area contributed by atoms with Crippen LogP contribution in [-0.4, -0.2) is 54.9 Å². The van der Waals surface area contributed by atoms with Crippen LogP contribution in [0, 0.1) is 0 Å². The molecule has 9 nitrogen and oxygen atoms in total. The normalized spacial score (nSPS) is 14.7. The highest BCUT2D eigenvalue weighted by Crippen LogP contribution is 2.42. The van der Waals surface area contributed by atoms with Gasteiger partial charge in [-0.15, -0.1) is 0 Å². The number of aliphatic hydroxyl groups is 1. The molecule has 0 saturated carbocycles. The number of hydrogen-bond donors (Lipinski definition) is 2. The molecule has 0 radical (unpaired) electrons. The molecule has 2 heterocycles. The molecule has 174 valence electrons. The lowest BCUT2D eigenvalue weighted by Crippen LogP contribution is -2.20. The average Bonchev–Trinajstić information content (AvgIpc) is 3.28. The van der Waals surface area contributed by atoms with Crippen LogP contribution in [0.25, 0.3) is 5.70 Å². The summed E-state index contributed by atoms with van der Waals surface area (Å²) in [5.74, 6) is 3.72. The van der Waals surface area contributed by atoms with Gasteiger partial charge in [-0.05, 0) is 60.0 Å². The summed E-state index contributed by atoms with van der Waals surface area (Å²) >= 11 is 0. The van der Waals surface area contributed by atoms with E-state index in [0.29, 0.717) is 41.9 Å². The molecule has 1 aliphatic rings. The average molecular weight is 453 g/mol. The molecule has 9 heteroatoms. The molecule has 0 fully saturated rings. The van der Waals surface area contributed by atoms with Crippen molar-refractivity contribution in [3.05, 3.63) is 59.4 Å². The summed E-state index contributed by atoms with van der Waals surface area (Å²) in [4.78, 5) is 4.67. The second-order valence-electron chi connectivity index (χ2n) is 7.46. The van der Waals surface area contributed by atoms with Crippen LogP contribution in [0.15, 0.2) is 42.5 Å². The van der Waals surface area contributed by atoms with Crippen LogP contribution >= 0.6 is 0 Å². The Morgan fingerprint density at radius 3 is 2.24 bits per heavy atom. The number of allylic oxidation sites excluding steroid dienone is 1. The zero-order chi connectivity index (χ0) is 23.4. The van der Waals surface area contributed by atoms with E-state index in [1.165, 1.54) is 0 Å². The molecule has 4 rings (SSSR count). The maximum Gasteiger partial charge on any atom is 0.226 e. The van der Waals surface area contributed by atoms with Crippen molar-refractivity contribution in [2.24, 2.45) is 0 Å². The summed E-state index contributed by atoms with van der Waals surface area (Å²) < 4.78 is 23.7. The largest absolute Gasteiger partial charge is 0.497 e. The van der Waals surface area contributed by atoms with Crippen LogP contribution in [-0.2, 0) is 6.42 Å². The van der Waals surface area contributed by atoms with Crippen LogP contribution in [0.2, 0.25) is 0 Å². The van der Waals surface area contributed by atoms with E-state index in [2.05, 4.69) is 16.4 Å². The maximum atomic E-state index is 9.22. The number of aromatic nitrogens is 3. The van der Waals surface area contributed by atoms with E-state index >= 15 is 0 Å². The predicted octanol–water partition coefficient (Wildman–Crippen LogP) is 3.29. The highest BCUT2D eigenvalue weighted by molar-refractivity contribution is 5.77. The van der Waals surface area contributed by atoms with Gasteiger partial charge in [-0.25, -0.2) is 4.68 Å². The van der Waals surface area contributed by atoms with Gasteiger partial charge in [-0.1, -0.05) is 0 Å². The monoisotopic (exact) mass is 452 g/mol. The number of ether oxygens (including phenoxy) is 4. The van der Waals surface area contributed by atoms with E-state index in [1.807, 2.05) is 41.1 Å². The second-order valence-corrected chi connectivity index (χ2v) is 7.46. The standard InChI is InChI=1S/C24H28N4O5/c1-30-17-9-7-15(8-10-17)18-14-19(28-24(25-18)26-22(27-28)6-5-11-29)16-12-20(31-2)23(33-4)21(13-16)32-3/h7-10,12-14,19,29H,5-6,11H2,1-4H3,(H,25,26,27)/t19-/m0/s1. The third kappa shape index (κ3) is 4.45. The summed E-state index contributed by atoms with van der Waals surface area (Å²) in [6.45, 7) is 0.0863. The molecular weight excluding hydrogens is 424 g/mol. The molecule has 0 unspecified atom stereocenters. The van der Waals surface area contributed by atoms with Gasteiger partial charge in [0, 0.05) is 18.7 Å². The van der Waals surface area contributed by atoms with E-state index in [9.17, 15) is 5.11 Å². The fourth-order valence-corrected chi connectivity index (χ4v) is 3.83. The zero-order valence-electron chi connectivity index (χ0n) is 19.2. The molecule has 0 aliphatic carbocycles. The maximum absolute atomic E-state index is 9.22. The summed E-state index contributed by atoms with van der Waals surface area (Å²) in [6, 6.07) is 11.4. The van der Waals surface area contributed by atoms with Crippen LogP contribution in [0.3, 0.4) is 0 Å². The van der Waals surface area contributed by atoms with E-state index in [1.54, 1.807) is 28.4 Å². The van der Waals surface area contributed by atoms with Crippen LogP contribution in [0.1, 0.15) is 29.4 Å². The van der Waals surface area contributed by atoms with Gasteiger partial charge in [0.05, 0.1) is 28.4 Å². The minimum Gasteiger partial charge on any atom is -0.497 e. The van der Waals surface area contributed by atoms with Crippen molar-refractivity contribution in [1.29, 1.82) is 0 Å². The van der Waals surface area contributed by atoms with Crippen molar-refractivity contribution < 1.29 is 24.1 Å². The SMILES string of the molecule is COc1ccc(C2=C[C@@H](c3cc(OC)c(OC)c(OC)c3)n3nc(CCCO)nc3N2)cc1. The van der Waals surface area contributed by atoms with Crippen molar-refractivity contribution in [1.82, 2.24) is 14.8 Å². The van der Waals surface area contributed by atoms with E-state index < -0.39 is 0 Å². The number of fused-ring (bicyclic) bond motifs is 1. The summed E-state index contributed by atoms with van der Waals surface area (Å²) in [5.41, 5.74) is 2.78. The van der Waals surface area contributed by atoms with Gasteiger partial charge in [-0.2, -0.15) is 10.1 Å². The number of nitrogens with zero attached hydrogens (tertiary/aromatic N) is 3. The van der Waals surface area contributed by atoms with Crippen molar-refractivity contribution >= 4 is 11.6 Å². The van der Waals surface area contributed by atoms with Gasteiger partial charge in [0.2, 0.25) is 11.7 Å². The van der Waals surface area contributed by atoms with Crippen LogP contribution < -0.4 is 24.3 Å². The summed E-state index contributed by atoms with van der Waals surface area (Å²) in [5, 5.41) is 17.3. The Balaban J connectivity index is 1.82. The molecular formula is C24H28N4O5. The van der Waals surface area contributed by atoms with Gasteiger partial charge in [0.25, 0.3) is 0 Å². The first-order valence-electron chi connectivity index (χ1n) is 10.6. The Labute approximate surface area is 192 Å². The number of rotatable bonds is 9. The highest BCUT2D eigenvalue weighted by atomic mass is 16.5. The topological polar surface area (TPSA) is 99.9 Å². The number of nitrogens with one attached hydrogen (secondary N) is 1. The summed E-state index contributed by atoms with van der Waals surface area (Å²) in [6.07, 6.45) is 3.26. The Kier molecular flexibility index (Phi) is 6.69. The Morgan fingerprint density at radius 2 is 1.67 bits per heavy atom. The predicted molar refractivity (Wildman–Crippen MR) is 124 cm³/mol. The molecule has 2 N–H and O–H groups in total. The second kappa shape index (κ2) is 9.83. The smallest absolute Gasteiger partial charge is 0.226 e. The number of hydrogen-bond acceptors (Lipinski definition) is 8. The molecule has 33 heavy (non-hydrogen) atoms. The first-order chi connectivity index (χ1) is 16.1. The quantitative estimate of drug-likeness (QED) is 0.510. The fraction of sp³-hybridized carbons (Fsp3) is 0.333. The number of anilines is 1. The molecule has 0 spiro atoms. The molecule has 0 saturated heterocycles. The molecule has 1 aliphatic heterocycles. The molecule has 0 bridgehead atoms. The Morgan fingerprint density at radius 1 is 0.970 bits per heavy atom. The Bertz CT molecular complexity index is 1120. The van der Waals surface area contributed by atoms with Crippen molar-refractivity contribution in [3.8, 4) is 23.0 Å².